The molecule has 2 aromatic heterocycles. The van der Waals surface area contributed by atoms with Crippen LogP contribution in [0.25, 0.3) is 0 Å². The minimum absolute atomic E-state index is 0.0824. The molecule has 0 radical (unpaired) electrons. The summed E-state index contributed by atoms with van der Waals surface area (Å²) in [6.07, 6.45) is 0. The first kappa shape index (κ1) is 13.2. The van der Waals surface area contributed by atoms with Crippen LogP contribution in [0.4, 0.5) is 0 Å². The van der Waals surface area contributed by atoms with Crippen molar-refractivity contribution >= 4 is 21.4 Å². The average Bonchev–Trinajstić information content (AvgIpc) is 2.95. The van der Waals surface area contributed by atoms with Gasteiger partial charge in [0.25, 0.3) is 0 Å². The second-order valence-corrected chi connectivity index (χ2v) is 6.27. The van der Waals surface area contributed by atoms with Gasteiger partial charge in [-0.2, -0.15) is 16.4 Å². The van der Waals surface area contributed by atoms with Gasteiger partial charge in [0.15, 0.2) is 0 Å². The monoisotopic (exact) mass is 286 g/mol. The molecular formula is C10H14N4O2S2. The summed E-state index contributed by atoms with van der Waals surface area (Å²) < 4.78 is 26.9. The van der Waals surface area contributed by atoms with E-state index in [4.69, 9.17) is 5.73 Å². The van der Waals surface area contributed by atoms with Crippen LogP contribution in [0.15, 0.2) is 21.7 Å². The third-order valence-corrected chi connectivity index (χ3v) is 4.81. The Labute approximate surface area is 109 Å². The largest absolute Gasteiger partial charge is 0.325 e. The third-order valence-electron chi connectivity index (χ3n) is 2.47. The molecule has 2 heterocycles. The molecule has 0 aromatic carbocycles. The van der Waals surface area contributed by atoms with Crippen LogP contribution in [0, 0.1) is 6.92 Å². The van der Waals surface area contributed by atoms with Crippen LogP contribution < -0.4 is 10.5 Å². The molecule has 0 aliphatic heterocycles. The van der Waals surface area contributed by atoms with Gasteiger partial charge in [-0.3, -0.25) is 5.10 Å². The zero-order chi connectivity index (χ0) is 13.2. The number of nitrogens with zero attached hydrogens (tertiary/aromatic N) is 1. The average molecular weight is 286 g/mol. The van der Waals surface area contributed by atoms with Crippen LogP contribution >= 0.6 is 11.3 Å². The summed E-state index contributed by atoms with van der Waals surface area (Å²) >= 11 is 1.53. The lowest BCUT2D eigenvalue weighted by atomic mass is 10.4. The van der Waals surface area contributed by atoms with Crippen LogP contribution in [0.1, 0.15) is 17.0 Å². The highest BCUT2D eigenvalue weighted by Crippen LogP contribution is 2.17. The topological polar surface area (TPSA) is 101 Å². The number of thiophene rings is 1. The van der Waals surface area contributed by atoms with E-state index in [1.165, 1.54) is 11.3 Å². The number of aromatic nitrogens is 2. The Kier molecular flexibility index (Phi) is 3.81. The highest BCUT2D eigenvalue weighted by atomic mass is 32.2. The summed E-state index contributed by atoms with van der Waals surface area (Å²) in [6, 6.07) is 1.87. The van der Waals surface area contributed by atoms with Crippen molar-refractivity contribution in [3.8, 4) is 0 Å². The fraction of sp³-hybridized carbons (Fsp3) is 0.300. The fourth-order valence-corrected chi connectivity index (χ4v) is 3.67. The van der Waals surface area contributed by atoms with Crippen molar-refractivity contribution in [2.75, 3.05) is 0 Å². The Morgan fingerprint density at radius 2 is 2.33 bits per heavy atom. The molecule has 0 spiro atoms. The quantitative estimate of drug-likeness (QED) is 0.753. The smallest absolute Gasteiger partial charge is 0.244 e. The van der Waals surface area contributed by atoms with Crippen molar-refractivity contribution in [3.05, 3.63) is 33.8 Å². The molecule has 0 unspecified atom stereocenters. The van der Waals surface area contributed by atoms with Gasteiger partial charge in [-0.15, -0.1) is 0 Å². The molecule has 0 saturated carbocycles. The number of aromatic amines is 1. The molecule has 0 amide bonds. The van der Waals surface area contributed by atoms with Crippen molar-refractivity contribution in [1.82, 2.24) is 14.9 Å². The third kappa shape index (κ3) is 2.61. The molecule has 0 fully saturated rings. The van der Waals surface area contributed by atoms with E-state index in [9.17, 15) is 8.42 Å². The highest BCUT2D eigenvalue weighted by Gasteiger charge is 2.23. The van der Waals surface area contributed by atoms with Crippen LogP contribution in [-0.4, -0.2) is 18.6 Å². The van der Waals surface area contributed by atoms with Crippen LogP contribution in [0.3, 0.4) is 0 Å². The van der Waals surface area contributed by atoms with E-state index >= 15 is 0 Å². The molecule has 4 N–H and O–H groups in total. The standard InChI is InChI=1S/C10H14N4O2S2/c1-7-10(9(4-11)14-13-7)18(15,16)12-5-8-2-3-17-6-8/h2-3,6,12H,4-5,11H2,1H3,(H,13,14). The Bertz CT molecular complexity index is 616. The predicted molar refractivity (Wildman–Crippen MR) is 69.6 cm³/mol. The first-order valence-electron chi connectivity index (χ1n) is 5.29. The SMILES string of the molecule is Cc1[nH]nc(CN)c1S(=O)(=O)NCc1ccsc1. The van der Waals surface area contributed by atoms with Gasteiger partial charge in [0.05, 0.1) is 11.4 Å². The maximum atomic E-state index is 12.2. The first-order chi connectivity index (χ1) is 8.54. The van der Waals surface area contributed by atoms with Gasteiger partial charge in [-0.25, -0.2) is 13.1 Å². The van der Waals surface area contributed by atoms with Gasteiger partial charge in [-0.1, -0.05) is 0 Å². The van der Waals surface area contributed by atoms with E-state index < -0.39 is 10.0 Å². The summed E-state index contributed by atoms with van der Waals surface area (Å²) in [5, 5.41) is 10.3. The molecule has 2 rings (SSSR count). The van der Waals surface area contributed by atoms with Crippen molar-refractivity contribution in [2.45, 2.75) is 24.9 Å². The summed E-state index contributed by atoms with van der Waals surface area (Å²) in [5.74, 6) is 0. The molecule has 98 valence electrons. The number of rotatable bonds is 5. The van der Waals surface area contributed by atoms with Gasteiger partial charge < -0.3 is 5.73 Å². The second kappa shape index (κ2) is 5.19. The number of H-pyrrole nitrogens is 1. The summed E-state index contributed by atoms with van der Waals surface area (Å²) in [4.78, 5) is 0.153. The van der Waals surface area contributed by atoms with E-state index in [1.54, 1.807) is 6.92 Å². The van der Waals surface area contributed by atoms with Gasteiger partial charge in [0.2, 0.25) is 10.0 Å². The zero-order valence-electron chi connectivity index (χ0n) is 9.80. The van der Waals surface area contributed by atoms with E-state index in [-0.39, 0.29) is 18.0 Å². The number of hydrogen-bond donors (Lipinski definition) is 3. The normalized spacial score (nSPS) is 11.9. The molecule has 0 aliphatic rings. The number of hydrogen-bond acceptors (Lipinski definition) is 5. The Balaban J connectivity index is 2.22. The van der Waals surface area contributed by atoms with Gasteiger partial charge >= 0.3 is 0 Å². The lowest BCUT2D eigenvalue weighted by molar-refractivity contribution is 0.579. The minimum Gasteiger partial charge on any atom is -0.325 e. The highest BCUT2D eigenvalue weighted by molar-refractivity contribution is 7.89. The van der Waals surface area contributed by atoms with E-state index in [0.29, 0.717) is 11.4 Å². The zero-order valence-corrected chi connectivity index (χ0v) is 11.4. The van der Waals surface area contributed by atoms with E-state index in [1.807, 2.05) is 16.8 Å². The molecule has 0 atom stereocenters. The molecular weight excluding hydrogens is 272 g/mol. The summed E-state index contributed by atoms with van der Waals surface area (Å²) in [7, 11) is -3.59. The predicted octanol–water partition coefficient (Wildman–Crippen LogP) is 0.717. The van der Waals surface area contributed by atoms with Crippen LogP contribution in [-0.2, 0) is 23.1 Å². The number of sulfonamides is 1. The maximum Gasteiger partial charge on any atom is 0.244 e. The molecule has 8 heteroatoms. The van der Waals surface area contributed by atoms with E-state index in [2.05, 4.69) is 14.9 Å². The first-order valence-corrected chi connectivity index (χ1v) is 7.72. The molecule has 0 aliphatic carbocycles. The van der Waals surface area contributed by atoms with E-state index in [0.717, 1.165) is 5.56 Å². The minimum atomic E-state index is -3.59. The van der Waals surface area contributed by atoms with Crippen LogP contribution in [0.2, 0.25) is 0 Å². The molecule has 18 heavy (non-hydrogen) atoms. The fourth-order valence-electron chi connectivity index (χ4n) is 1.61. The van der Waals surface area contributed by atoms with Crippen LogP contribution in [0.5, 0.6) is 0 Å². The van der Waals surface area contributed by atoms with Crippen molar-refractivity contribution in [2.24, 2.45) is 5.73 Å². The lowest BCUT2D eigenvalue weighted by Gasteiger charge is -2.06. The summed E-state index contributed by atoms with van der Waals surface area (Å²) in [6.45, 7) is 2.00. The lowest BCUT2D eigenvalue weighted by Crippen LogP contribution is -2.24. The van der Waals surface area contributed by atoms with Crippen molar-refractivity contribution in [3.63, 3.8) is 0 Å². The maximum absolute atomic E-state index is 12.2. The number of aryl methyl sites for hydroxylation is 1. The Morgan fingerprint density at radius 3 is 2.94 bits per heavy atom. The van der Waals surface area contributed by atoms with Crippen molar-refractivity contribution in [1.29, 1.82) is 0 Å². The Morgan fingerprint density at radius 1 is 1.56 bits per heavy atom. The van der Waals surface area contributed by atoms with Gasteiger partial charge in [0, 0.05) is 13.1 Å². The summed E-state index contributed by atoms with van der Waals surface area (Å²) in [5.41, 5.74) is 7.25. The second-order valence-electron chi connectivity index (χ2n) is 3.78. The van der Waals surface area contributed by atoms with Gasteiger partial charge in [-0.05, 0) is 29.3 Å². The van der Waals surface area contributed by atoms with Crippen molar-refractivity contribution < 1.29 is 8.42 Å². The Hall–Kier alpha value is -1.22. The van der Waals surface area contributed by atoms with Gasteiger partial charge in [0.1, 0.15) is 4.90 Å². The molecule has 2 aromatic rings. The molecule has 6 nitrogen and oxygen atoms in total. The number of nitrogens with two attached hydrogens (primary N) is 1. The number of nitrogens with one attached hydrogen (secondary N) is 2. The molecule has 0 bridgehead atoms. The molecule has 0 saturated heterocycles.